The molecule has 0 amide bonds. The first-order chi connectivity index (χ1) is 10.2. The van der Waals surface area contributed by atoms with Crippen LogP contribution in [-0.2, 0) is 25.8 Å². The Kier molecular flexibility index (Phi) is 20.8. The zero-order valence-electron chi connectivity index (χ0n) is 15.9. The molecule has 0 aromatic heterocycles. The summed E-state index contributed by atoms with van der Waals surface area (Å²) in [5, 5.41) is 0. The van der Waals surface area contributed by atoms with Crippen LogP contribution in [-0.4, -0.2) is 32.0 Å². The average Bonchev–Trinajstić information content (AvgIpc) is 3.16. The summed E-state index contributed by atoms with van der Waals surface area (Å²) < 4.78 is 0. The Morgan fingerprint density at radius 2 is 0.696 bits per heavy atom. The molecule has 2 fully saturated rings. The molecule has 2 aliphatic rings. The van der Waals surface area contributed by atoms with Gasteiger partial charge in [0.25, 0.3) is 0 Å². The molecule has 0 aliphatic heterocycles. The van der Waals surface area contributed by atoms with Crippen molar-refractivity contribution >= 4 is 32.0 Å². The van der Waals surface area contributed by atoms with E-state index in [1.807, 2.05) is 11.6 Å². The summed E-state index contributed by atoms with van der Waals surface area (Å²) in [7, 11) is 0. The molecule has 0 spiro atoms. The molecule has 2 saturated carbocycles. The van der Waals surface area contributed by atoms with Crippen LogP contribution in [0.5, 0.6) is 0 Å². The third-order valence-electron chi connectivity index (χ3n) is 3.06. The molecule has 2 aliphatic carbocycles. The molecule has 0 aromatic carbocycles. The molecular weight excluding hydrogens is 577 g/mol. The molecule has 0 heterocycles. The summed E-state index contributed by atoms with van der Waals surface area (Å²) in [5.74, 6) is 6.59. The van der Waals surface area contributed by atoms with E-state index in [0.29, 0.717) is 10.8 Å². The molecule has 0 atom stereocenters. The predicted octanol–water partition coefficient (Wildman–Crippen LogP) is 5.28. The summed E-state index contributed by atoms with van der Waals surface area (Å²) in [6.07, 6.45) is 17.0. The maximum Gasteiger partial charge on any atom is 0 e. The van der Waals surface area contributed by atoms with Crippen LogP contribution in [0.4, 0.5) is 0 Å². The molecule has 0 N–H and O–H groups in total. The van der Waals surface area contributed by atoms with Gasteiger partial charge in [0.05, 0.1) is 0 Å². The van der Waals surface area contributed by atoms with Crippen LogP contribution in [0.3, 0.4) is 0 Å². The van der Waals surface area contributed by atoms with Gasteiger partial charge in [-0.2, -0.15) is 0 Å². The van der Waals surface area contributed by atoms with Crippen LogP contribution in [0.2, 0.25) is 11.6 Å². The second kappa shape index (κ2) is 16.1. The third kappa shape index (κ3) is 14.7. The van der Waals surface area contributed by atoms with Crippen molar-refractivity contribution in [2.24, 2.45) is 10.8 Å². The largest absolute Gasteiger partial charge is 0 e. The molecule has 3 heteroatoms. The zero-order chi connectivity index (χ0) is 17.8. The monoisotopic (exact) mass is 612 g/mol. The summed E-state index contributed by atoms with van der Waals surface area (Å²) >= 11 is 5.25. The first-order valence-electron chi connectivity index (χ1n) is 7.47. The van der Waals surface area contributed by atoms with Crippen molar-refractivity contribution < 1.29 is 25.8 Å². The summed E-state index contributed by atoms with van der Waals surface area (Å²) in [6, 6.07) is 0. The standard InChI is InChI=1S/2C9H13.2CH3Se.Hf/c2*1-9(2,3)8-6-4-5-7-8;2*1-2;/h2*4-7H,1-3H3;2*1H3;. The van der Waals surface area contributed by atoms with Gasteiger partial charge < -0.3 is 0 Å². The smallest absolute Gasteiger partial charge is 0 e. The fraction of sp³-hybridized carbons (Fsp3) is 0.500. The fourth-order valence-electron chi connectivity index (χ4n) is 1.75. The van der Waals surface area contributed by atoms with Crippen molar-refractivity contribution in [2.45, 2.75) is 53.2 Å². The van der Waals surface area contributed by atoms with Crippen molar-refractivity contribution in [1.82, 2.24) is 0 Å². The second-order valence-electron chi connectivity index (χ2n) is 6.85. The minimum Gasteiger partial charge on any atom is 0 e. The Morgan fingerprint density at radius 3 is 0.783 bits per heavy atom. The summed E-state index contributed by atoms with van der Waals surface area (Å²) in [5.41, 5.74) is 0.646. The van der Waals surface area contributed by atoms with Gasteiger partial charge in [-0.05, 0) is 74.0 Å². The Morgan fingerprint density at radius 1 is 0.522 bits per heavy atom. The van der Waals surface area contributed by atoms with E-state index in [0.717, 1.165) is 0 Å². The van der Waals surface area contributed by atoms with Crippen LogP contribution in [0.25, 0.3) is 0 Å². The van der Waals surface area contributed by atoms with Crippen molar-refractivity contribution in [3.63, 3.8) is 0 Å². The molecule has 0 nitrogen and oxygen atoms in total. The molecule has 23 heavy (non-hydrogen) atoms. The van der Waals surface area contributed by atoms with Crippen molar-refractivity contribution in [3.8, 4) is 0 Å². The first kappa shape index (κ1) is 29.7. The van der Waals surface area contributed by atoms with E-state index in [9.17, 15) is 0 Å². The quantitative estimate of drug-likeness (QED) is 0.329. The van der Waals surface area contributed by atoms with Crippen molar-refractivity contribution in [3.05, 3.63) is 63.2 Å². The molecule has 0 unspecified atom stereocenters. The summed E-state index contributed by atoms with van der Waals surface area (Å²) in [4.78, 5) is 0. The summed E-state index contributed by atoms with van der Waals surface area (Å²) in [6.45, 7) is 13.3. The van der Waals surface area contributed by atoms with Crippen LogP contribution in [0, 0.1) is 74.0 Å². The van der Waals surface area contributed by atoms with Gasteiger partial charge in [-0.3, -0.25) is 0 Å². The van der Waals surface area contributed by atoms with Gasteiger partial charge in [-0.25, -0.2) is 0 Å². The number of hydrogen-bond acceptors (Lipinski definition) is 0. The maximum atomic E-state index is 2.62. The predicted molar refractivity (Wildman–Crippen MR) is 103 cm³/mol. The fourth-order valence-corrected chi connectivity index (χ4v) is 1.75. The minimum atomic E-state index is 0. The second-order valence-corrected chi connectivity index (χ2v) is 6.85. The maximum absolute atomic E-state index is 2.62. The molecule has 0 saturated heterocycles. The van der Waals surface area contributed by atoms with E-state index in [1.54, 1.807) is 0 Å². The molecule has 128 valence electrons. The van der Waals surface area contributed by atoms with Gasteiger partial charge in [-0.15, -0.1) is 0 Å². The van der Waals surface area contributed by atoms with E-state index in [4.69, 9.17) is 0 Å². The van der Waals surface area contributed by atoms with E-state index in [2.05, 4.69) is 125 Å². The number of rotatable bonds is 0. The van der Waals surface area contributed by atoms with E-state index < -0.39 is 0 Å². The Labute approximate surface area is 183 Å². The molecule has 12 radical (unpaired) electrons. The van der Waals surface area contributed by atoms with Gasteiger partial charge in [0.2, 0.25) is 0 Å². The molecule has 2 rings (SSSR count). The minimum absolute atomic E-state index is 0. The van der Waals surface area contributed by atoms with Gasteiger partial charge in [0, 0.05) is 25.8 Å². The van der Waals surface area contributed by atoms with E-state index >= 15 is 0 Å². The topological polar surface area (TPSA) is 0 Å². The molecular formula is C20H32HfSe2. The van der Waals surface area contributed by atoms with Gasteiger partial charge >= 0.3 is 43.7 Å². The van der Waals surface area contributed by atoms with Crippen LogP contribution in [0.1, 0.15) is 41.5 Å². The first-order valence-corrected chi connectivity index (χ1v) is 10.9. The Hall–Kier alpha value is 1.91. The van der Waals surface area contributed by atoms with Gasteiger partial charge in [-0.1, -0.05) is 41.5 Å². The van der Waals surface area contributed by atoms with Gasteiger partial charge in [0.1, 0.15) is 0 Å². The zero-order valence-corrected chi connectivity index (χ0v) is 23.0. The van der Waals surface area contributed by atoms with E-state index in [-0.39, 0.29) is 25.8 Å². The Balaban J connectivity index is -0.000000276. The van der Waals surface area contributed by atoms with Gasteiger partial charge in [0.15, 0.2) is 0 Å². The Bertz CT molecular complexity index is 203. The van der Waals surface area contributed by atoms with Crippen molar-refractivity contribution in [2.75, 3.05) is 0 Å². The molecule has 0 aromatic rings. The number of hydrogen-bond donors (Lipinski definition) is 0. The van der Waals surface area contributed by atoms with Crippen LogP contribution in [0.15, 0.2) is 0 Å². The average molecular weight is 609 g/mol. The normalized spacial score (nSPS) is 18.5. The van der Waals surface area contributed by atoms with E-state index in [1.165, 1.54) is 11.8 Å². The molecule has 0 bridgehead atoms. The van der Waals surface area contributed by atoms with Crippen LogP contribution >= 0.6 is 0 Å². The van der Waals surface area contributed by atoms with Crippen molar-refractivity contribution in [1.29, 1.82) is 0 Å². The van der Waals surface area contributed by atoms with Crippen LogP contribution < -0.4 is 0 Å². The SMILES string of the molecule is CC(C)(C)[C]1[CH][CH][CH][CH]1.CC(C)(C)[C]1[CH][CH][CH][CH]1.C[Se].C[Se].[Hf]. The third-order valence-corrected chi connectivity index (χ3v) is 3.06.